The van der Waals surface area contributed by atoms with E-state index >= 15 is 0 Å². The average molecular weight is 189 g/mol. The first-order valence-corrected chi connectivity index (χ1v) is 2.35. The second-order valence-corrected chi connectivity index (χ2v) is 1.54. The van der Waals surface area contributed by atoms with Gasteiger partial charge in [0.15, 0.2) is 0 Å². The van der Waals surface area contributed by atoms with Gasteiger partial charge in [-0.3, -0.25) is 0 Å². The van der Waals surface area contributed by atoms with E-state index in [0.29, 0.717) is 0 Å². The summed E-state index contributed by atoms with van der Waals surface area (Å²) in [6.07, 6.45) is 0. The second kappa shape index (κ2) is 4.86. The maximum atomic E-state index is 8.88. The molecule has 0 atom stereocenters. The minimum atomic E-state index is -4.64. The van der Waals surface area contributed by atoms with Gasteiger partial charge in [0.1, 0.15) is 0 Å². The van der Waals surface area contributed by atoms with E-state index in [0.717, 1.165) is 0 Å². The Morgan fingerprint density at radius 2 is 1.14 bits per heavy atom. The van der Waals surface area contributed by atoms with Gasteiger partial charge >= 0.3 is 27.6 Å². The molecule has 0 aromatic rings. The summed E-state index contributed by atoms with van der Waals surface area (Å²) in [5.41, 5.74) is 0. The average Bonchev–Trinajstić information content (AvgIpc) is 0.722. The quantitative estimate of drug-likeness (QED) is 0.279. The third-order valence-corrected chi connectivity index (χ3v) is 0. The molecule has 0 bridgehead atoms. The van der Waals surface area contributed by atoms with Crippen LogP contribution in [0.15, 0.2) is 0 Å². The third-order valence-electron chi connectivity index (χ3n) is 0. The fraction of sp³-hybridized carbons (Fsp3) is 0. The molecule has 0 unspecified atom stereocenters. The predicted octanol–water partition coefficient (Wildman–Crippen LogP) is -2.94. The van der Waals surface area contributed by atoms with Crippen molar-refractivity contribution in [3.05, 3.63) is 0 Å². The predicted molar refractivity (Wildman–Crippen MR) is 27.8 cm³/mol. The van der Waals surface area contributed by atoms with E-state index in [1.54, 1.807) is 0 Å². The Balaban J connectivity index is -0.0000000800. The summed E-state index contributed by atoms with van der Waals surface area (Å²) < 4.78 is 8.88. The summed E-state index contributed by atoms with van der Waals surface area (Å²) in [5, 5.41) is 0. The Morgan fingerprint density at radius 3 is 1.14 bits per heavy atom. The Kier molecular flexibility index (Phi) is 10.9. The number of hydrogen-bond acceptors (Lipinski definition) is 1. The van der Waals surface area contributed by atoms with Crippen LogP contribution < -0.4 is 0 Å². The summed E-state index contributed by atoms with van der Waals surface area (Å²) in [7, 11) is -4.64. The van der Waals surface area contributed by atoms with Crippen molar-refractivity contribution in [2.24, 2.45) is 0 Å². The summed E-state index contributed by atoms with van der Waals surface area (Å²) in [6.45, 7) is 0. The number of phosphoric acid groups is 1. The van der Waals surface area contributed by atoms with Gasteiger partial charge in [0.2, 0.25) is 0 Å². The molecule has 0 amide bonds. The normalized spacial score (nSPS) is 8.43. The van der Waals surface area contributed by atoms with Crippen LogP contribution in [0.5, 0.6) is 0 Å². The van der Waals surface area contributed by atoms with Gasteiger partial charge in [-0.25, -0.2) is 4.57 Å². The number of hydrogen-bond donors (Lipinski definition) is 3. The van der Waals surface area contributed by atoms with Crippen LogP contribution in [0.3, 0.4) is 0 Å². The van der Waals surface area contributed by atoms with Crippen molar-refractivity contribution in [1.29, 1.82) is 0 Å². The molecule has 0 fully saturated rings. The summed E-state index contributed by atoms with van der Waals surface area (Å²) >= 11 is 0. The van der Waals surface area contributed by atoms with E-state index in [1.807, 2.05) is 0 Å². The molecule has 0 aliphatic heterocycles. The molecule has 0 spiro atoms. The van der Waals surface area contributed by atoms with Crippen LogP contribution in [-0.4, -0.2) is 39.9 Å². The Morgan fingerprint density at radius 1 is 1.14 bits per heavy atom. The topological polar surface area (TPSA) is 109 Å². The fourth-order valence-electron chi connectivity index (χ4n) is 0. The van der Waals surface area contributed by atoms with Crippen molar-refractivity contribution in [2.75, 3.05) is 0 Å². The van der Waals surface area contributed by atoms with Crippen molar-refractivity contribution in [1.82, 2.24) is 0 Å². The van der Waals surface area contributed by atoms with E-state index in [4.69, 9.17) is 19.2 Å². The Hall–Kier alpha value is 0.706. The molecule has 0 aromatic heterocycles. The first-order chi connectivity index (χ1) is 2.00. The molecule has 0 aliphatic rings. The van der Waals surface area contributed by atoms with E-state index < -0.39 is 7.82 Å². The van der Waals surface area contributed by atoms with Gasteiger partial charge in [0.25, 0.3) is 0 Å². The van der Waals surface area contributed by atoms with Crippen molar-refractivity contribution < 1.29 is 24.7 Å². The Bertz CT molecular complexity index is 54.2. The van der Waals surface area contributed by atoms with Crippen LogP contribution in [0.2, 0.25) is 0 Å². The summed E-state index contributed by atoms with van der Waals surface area (Å²) in [4.78, 5) is 21.6. The van der Waals surface area contributed by atoms with Gasteiger partial charge in [-0.1, -0.05) is 0 Å². The van der Waals surface area contributed by atoms with Gasteiger partial charge in [-0.15, -0.1) is 0 Å². The molecule has 7 heavy (non-hydrogen) atoms. The van der Waals surface area contributed by atoms with Gasteiger partial charge in [-0.2, -0.15) is 0 Å². The monoisotopic (exact) mass is 188 g/mol. The van der Waals surface area contributed by atoms with Crippen LogP contribution in [0.25, 0.3) is 0 Å². The van der Waals surface area contributed by atoms with Crippen LogP contribution in [-0.2, 0) is 4.57 Å². The molecule has 0 aliphatic carbocycles. The minimum absolute atomic E-state index is 0. The molecular weight excluding hydrogens is 181 g/mol. The molecule has 0 rings (SSSR count). The molecule has 5 nitrogen and oxygen atoms in total. The fourth-order valence-corrected chi connectivity index (χ4v) is 0. The first kappa shape index (κ1) is 15.6. The zero-order chi connectivity index (χ0) is 4.50. The molecule has 0 saturated carbocycles. The molecule has 46 valence electrons. The Labute approximate surface area is 53.0 Å². The van der Waals surface area contributed by atoms with Crippen molar-refractivity contribution in [2.45, 2.75) is 0 Å². The van der Waals surface area contributed by atoms with Crippen molar-refractivity contribution in [3.63, 3.8) is 0 Å². The molecule has 0 saturated heterocycles. The van der Waals surface area contributed by atoms with Crippen LogP contribution >= 0.6 is 7.82 Å². The molecular formula is H8GaO5P. The van der Waals surface area contributed by atoms with Gasteiger partial charge < -0.3 is 20.2 Å². The van der Waals surface area contributed by atoms with Gasteiger partial charge in [0.05, 0.1) is 0 Å². The summed E-state index contributed by atoms with van der Waals surface area (Å²) in [6, 6.07) is 0. The summed E-state index contributed by atoms with van der Waals surface area (Å²) in [5.74, 6) is 0. The zero-order valence-electron chi connectivity index (χ0n) is 2.70. The number of rotatable bonds is 0. The molecule has 0 radical (unpaired) electrons. The standard InChI is InChI=1S/Ga.H3O4P.H2O.3H/c;1-5(2,3)4;;;;/h;(H3,1,2,3,4);1H2;;;. The van der Waals surface area contributed by atoms with Crippen LogP contribution in [0.4, 0.5) is 0 Å². The van der Waals surface area contributed by atoms with Gasteiger partial charge in [0, 0.05) is 0 Å². The van der Waals surface area contributed by atoms with Crippen molar-refractivity contribution >= 4 is 27.6 Å². The van der Waals surface area contributed by atoms with E-state index in [-0.39, 0.29) is 25.3 Å². The van der Waals surface area contributed by atoms with Crippen LogP contribution in [0, 0.1) is 0 Å². The first-order valence-electron chi connectivity index (χ1n) is 0.783. The molecule has 5 N–H and O–H groups in total. The maximum absolute atomic E-state index is 8.88. The molecule has 0 heterocycles. The van der Waals surface area contributed by atoms with Crippen molar-refractivity contribution in [3.8, 4) is 0 Å². The van der Waals surface area contributed by atoms with E-state index in [9.17, 15) is 0 Å². The van der Waals surface area contributed by atoms with E-state index in [1.165, 1.54) is 0 Å². The van der Waals surface area contributed by atoms with Gasteiger partial charge in [-0.05, 0) is 0 Å². The zero-order valence-corrected chi connectivity index (χ0v) is 3.59. The van der Waals surface area contributed by atoms with Crippen LogP contribution in [0.1, 0.15) is 0 Å². The SMILES string of the molecule is O.O=P(O)(O)O.[GaH3]. The second-order valence-electron chi connectivity index (χ2n) is 0.513. The van der Waals surface area contributed by atoms with E-state index in [2.05, 4.69) is 0 Å². The third kappa shape index (κ3) is 298. The molecule has 7 heteroatoms. The molecule has 0 aromatic carbocycles.